The van der Waals surface area contributed by atoms with E-state index in [4.69, 9.17) is 9.47 Å². The highest BCUT2D eigenvalue weighted by molar-refractivity contribution is 5.39. The Bertz CT molecular complexity index is 463. The minimum atomic E-state index is -0.745. The molecule has 0 aromatic rings. The summed E-state index contributed by atoms with van der Waals surface area (Å²) in [4.78, 5) is 0. The number of ether oxygens (including phenoxy) is 2. The Kier molecular flexibility index (Phi) is 2.37. The molecule has 0 heterocycles. The van der Waals surface area contributed by atoms with Crippen molar-refractivity contribution in [1.82, 2.24) is 0 Å². The van der Waals surface area contributed by atoms with Gasteiger partial charge in [-0.05, 0) is 43.1 Å². The van der Waals surface area contributed by atoms with Crippen LogP contribution in [0.1, 0.15) is 25.7 Å². The summed E-state index contributed by atoms with van der Waals surface area (Å²) in [6.45, 7) is 0. The number of allylic oxidation sites excluding steroid dienone is 1. The maximum atomic E-state index is 11.3. The molecule has 0 unspecified atom stereocenters. The monoisotopic (exact) mass is 262 g/mol. The molecule has 1 N–H and O–H groups in total. The number of methoxy groups -OCH3 is 2. The zero-order chi connectivity index (χ0) is 13.3. The zero-order valence-corrected chi connectivity index (χ0v) is 11.6. The fourth-order valence-electron chi connectivity index (χ4n) is 5.03. The highest BCUT2D eigenvalue weighted by Crippen LogP contribution is 2.62. The summed E-state index contributed by atoms with van der Waals surface area (Å²) in [5.74, 6) is 0.853. The Morgan fingerprint density at radius 2 is 2.00 bits per heavy atom. The predicted octanol–water partition coefficient (Wildman–Crippen LogP) is 2.27. The Morgan fingerprint density at radius 1 is 1.21 bits per heavy atom. The molecule has 0 amide bonds. The summed E-state index contributed by atoms with van der Waals surface area (Å²) in [6.07, 6.45) is 11.0. The van der Waals surface area contributed by atoms with Crippen molar-refractivity contribution in [3.8, 4) is 0 Å². The molecule has 0 spiro atoms. The van der Waals surface area contributed by atoms with E-state index < -0.39 is 11.4 Å². The molecule has 3 nitrogen and oxygen atoms in total. The first-order valence-electron chi connectivity index (χ1n) is 7.37. The van der Waals surface area contributed by atoms with Crippen molar-refractivity contribution in [2.24, 2.45) is 23.7 Å². The van der Waals surface area contributed by atoms with Crippen LogP contribution in [0, 0.1) is 23.7 Å². The molecule has 19 heavy (non-hydrogen) atoms. The van der Waals surface area contributed by atoms with Crippen molar-refractivity contribution < 1.29 is 14.6 Å². The fraction of sp³-hybridized carbons (Fsp3) is 0.750. The van der Waals surface area contributed by atoms with Gasteiger partial charge < -0.3 is 14.6 Å². The van der Waals surface area contributed by atoms with Gasteiger partial charge in [-0.2, -0.15) is 0 Å². The van der Waals surface area contributed by atoms with E-state index in [0.717, 1.165) is 18.8 Å². The summed E-state index contributed by atoms with van der Waals surface area (Å²) < 4.78 is 11.4. The standard InChI is InChI=1S/C16H22O3/c1-18-16(19-2)11-5-8-14(16)15(17,9-11)13-7-4-10-3-6-12(10)13/h5,7-8,10-12,14,17H,3-4,6,9H2,1-2H3/t10-,11-,12+,14-,15+/m0/s1. The van der Waals surface area contributed by atoms with E-state index in [9.17, 15) is 5.11 Å². The van der Waals surface area contributed by atoms with Gasteiger partial charge >= 0.3 is 0 Å². The smallest absolute Gasteiger partial charge is 0.183 e. The van der Waals surface area contributed by atoms with Crippen LogP contribution in [0.3, 0.4) is 0 Å². The van der Waals surface area contributed by atoms with Gasteiger partial charge in [-0.25, -0.2) is 0 Å². The Hall–Kier alpha value is -0.640. The molecule has 0 radical (unpaired) electrons. The number of hydrogen-bond donors (Lipinski definition) is 1. The molecule has 104 valence electrons. The van der Waals surface area contributed by atoms with Crippen molar-refractivity contribution in [3.05, 3.63) is 23.8 Å². The average molecular weight is 262 g/mol. The molecule has 4 aliphatic carbocycles. The first-order valence-corrected chi connectivity index (χ1v) is 7.37. The van der Waals surface area contributed by atoms with E-state index in [2.05, 4.69) is 18.2 Å². The number of hydrogen-bond acceptors (Lipinski definition) is 3. The van der Waals surface area contributed by atoms with Crippen molar-refractivity contribution in [2.45, 2.75) is 37.1 Å². The van der Waals surface area contributed by atoms with Gasteiger partial charge in [-0.15, -0.1) is 0 Å². The summed E-state index contributed by atoms with van der Waals surface area (Å²) in [6, 6.07) is 0. The fourth-order valence-corrected chi connectivity index (χ4v) is 5.03. The first kappa shape index (κ1) is 12.1. The number of aliphatic hydroxyl groups is 1. The molecule has 0 saturated heterocycles. The number of rotatable bonds is 3. The highest BCUT2D eigenvalue weighted by atomic mass is 16.7. The maximum absolute atomic E-state index is 11.3. The average Bonchev–Trinajstić information content (AvgIpc) is 2.96. The van der Waals surface area contributed by atoms with Crippen LogP contribution >= 0.6 is 0 Å². The van der Waals surface area contributed by atoms with Crippen LogP contribution < -0.4 is 0 Å². The minimum absolute atomic E-state index is 0.0643. The van der Waals surface area contributed by atoms with Crippen LogP contribution in [0.15, 0.2) is 23.8 Å². The van der Waals surface area contributed by atoms with Gasteiger partial charge in [0.2, 0.25) is 0 Å². The van der Waals surface area contributed by atoms with E-state index in [0.29, 0.717) is 5.92 Å². The van der Waals surface area contributed by atoms with Crippen LogP contribution in [0.4, 0.5) is 0 Å². The van der Waals surface area contributed by atoms with Crippen LogP contribution in [0.5, 0.6) is 0 Å². The third kappa shape index (κ3) is 1.24. The summed E-state index contributed by atoms with van der Waals surface area (Å²) in [7, 11) is 3.38. The lowest BCUT2D eigenvalue weighted by Gasteiger charge is -2.42. The van der Waals surface area contributed by atoms with Crippen LogP contribution in [-0.2, 0) is 9.47 Å². The van der Waals surface area contributed by atoms with E-state index >= 15 is 0 Å². The lowest BCUT2D eigenvalue weighted by molar-refractivity contribution is -0.238. The van der Waals surface area contributed by atoms with Gasteiger partial charge in [0.25, 0.3) is 0 Å². The van der Waals surface area contributed by atoms with E-state index in [1.54, 1.807) is 14.2 Å². The Balaban J connectivity index is 1.72. The van der Waals surface area contributed by atoms with Crippen molar-refractivity contribution in [3.63, 3.8) is 0 Å². The van der Waals surface area contributed by atoms with Crippen molar-refractivity contribution in [2.75, 3.05) is 14.2 Å². The third-order valence-electron chi connectivity index (χ3n) is 6.13. The van der Waals surface area contributed by atoms with Crippen LogP contribution in [0.2, 0.25) is 0 Å². The summed E-state index contributed by atoms with van der Waals surface area (Å²) >= 11 is 0. The second-order valence-electron chi connectivity index (χ2n) is 6.57. The highest BCUT2D eigenvalue weighted by Gasteiger charge is 2.67. The van der Waals surface area contributed by atoms with Gasteiger partial charge in [-0.3, -0.25) is 0 Å². The molecular weight excluding hydrogens is 240 g/mol. The summed E-state index contributed by atoms with van der Waals surface area (Å²) in [5.41, 5.74) is 0.532. The van der Waals surface area contributed by atoms with Gasteiger partial charge in [0, 0.05) is 20.1 Å². The zero-order valence-electron chi connectivity index (χ0n) is 11.6. The predicted molar refractivity (Wildman–Crippen MR) is 71.3 cm³/mol. The van der Waals surface area contributed by atoms with Gasteiger partial charge in [0.15, 0.2) is 5.79 Å². The van der Waals surface area contributed by atoms with E-state index in [1.165, 1.54) is 18.4 Å². The molecule has 0 aliphatic heterocycles. The molecular formula is C16H22O3. The van der Waals surface area contributed by atoms with Gasteiger partial charge in [-0.1, -0.05) is 18.2 Å². The molecule has 4 rings (SSSR count). The van der Waals surface area contributed by atoms with Crippen molar-refractivity contribution in [1.29, 1.82) is 0 Å². The Labute approximate surface area is 114 Å². The maximum Gasteiger partial charge on any atom is 0.183 e. The lowest BCUT2D eigenvalue weighted by Crippen LogP contribution is -2.47. The molecule has 2 bridgehead atoms. The third-order valence-corrected chi connectivity index (χ3v) is 6.13. The van der Waals surface area contributed by atoms with Gasteiger partial charge in [0.1, 0.15) is 0 Å². The first-order chi connectivity index (χ1) is 9.15. The minimum Gasteiger partial charge on any atom is -0.385 e. The van der Waals surface area contributed by atoms with Gasteiger partial charge in [0.05, 0.1) is 11.5 Å². The number of fused-ring (bicyclic) bond motifs is 3. The topological polar surface area (TPSA) is 38.7 Å². The normalized spacial score (nSPS) is 49.1. The molecule has 3 heteroatoms. The largest absolute Gasteiger partial charge is 0.385 e. The second kappa shape index (κ2) is 3.72. The SMILES string of the molecule is COC1(OC)[C@H]2C=C[C@H]1C[C@@]2(O)C1=CC[C@@H]2CC[C@@H]12. The quantitative estimate of drug-likeness (QED) is 0.626. The molecule has 2 saturated carbocycles. The van der Waals surface area contributed by atoms with E-state index in [-0.39, 0.29) is 11.8 Å². The second-order valence-corrected chi connectivity index (χ2v) is 6.57. The van der Waals surface area contributed by atoms with Crippen molar-refractivity contribution >= 4 is 0 Å². The lowest BCUT2D eigenvalue weighted by atomic mass is 9.67. The van der Waals surface area contributed by atoms with E-state index in [1.807, 2.05) is 0 Å². The molecule has 2 fully saturated rings. The Morgan fingerprint density at radius 3 is 2.53 bits per heavy atom. The molecule has 0 aromatic carbocycles. The van der Waals surface area contributed by atoms with Crippen LogP contribution in [-0.4, -0.2) is 30.7 Å². The molecule has 0 aromatic heterocycles. The summed E-state index contributed by atoms with van der Waals surface area (Å²) in [5, 5.41) is 11.3. The molecule has 4 aliphatic rings. The molecule has 5 atom stereocenters. The van der Waals surface area contributed by atoms with Crippen LogP contribution in [0.25, 0.3) is 0 Å².